The summed E-state index contributed by atoms with van der Waals surface area (Å²) in [7, 11) is -3.49. The van der Waals surface area contributed by atoms with Crippen LogP contribution in [0, 0.1) is 0 Å². The van der Waals surface area contributed by atoms with Gasteiger partial charge in [-0.15, -0.1) is 0 Å². The van der Waals surface area contributed by atoms with Gasteiger partial charge in [-0.1, -0.05) is 13.5 Å². The first-order chi connectivity index (χ1) is 8.86. The highest BCUT2D eigenvalue weighted by Crippen LogP contribution is 2.16. The second-order valence-corrected chi connectivity index (χ2v) is 5.81. The van der Waals surface area contributed by atoms with Crippen molar-refractivity contribution in [1.29, 1.82) is 0 Å². The third-order valence-electron chi connectivity index (χ3n) is 2.24. The molecule has 0 heterocycles. The number of nitrogens with one attached hydrogen (secondary N) is 1. The number of esters is 1. The van der Waals surface area contributed by atoms with Crippen molar-refractivity contribution in [3.05, 3.63) is 36.4 Å². The standard InChI is InChI=1S/C13H17NO4S/c1-4-9-14-19(16,17)12-7-5-11(6-8-12)18-13(15)10(2)3/h5-8,14H,2,4,9H2,1,3H3. The molecule has 5 nitrogen and oxygen atoms in total. The maximum atomic E-state index is 11.8. The zero-order valence-electron chi connectivity index (χ0n) is 11.0. The van der Waals surface area contributed by atoms with Gasteiger partial charge in [-0.25, -0.2) is 17.9 Å². The van der Waals surface area contributed by atoms with Crippen molar-refractivity contribution < 1.29 is 17.9 Å². The smallest absolute Gasteiger partial charge is 0.338 e. The van der Waals surface area contributed by atoms with Crippen LogP contribution in [0.5, 0.6) is 5.75 Å². The van der Waals surface area contributed by atoms with E-state index in [2.05, 4.69) is 11.3 Å². The summed E-state index contributed by atoms with van der Waals surface area (Å²) >= 11 is 0. The molecular formula is C13H17NO4S. The van der Waals surface area contributed by atoms with E-state index in [9.17, 15) is 13.2 Å². The van der Waals surface area contributed by atoms with Gasteiger partial charge in [0, 0.05) is 12.1 Å². The highest BCUT2D eigenvalue weighted by atomic mass is 32.2. The highest BCUT2D eigenvalue weighted by molar-refractivity contribution is 7.89. The van der Waals surface area contributed by atoms with E-state index in [1.165, 1.54) is 31.2 Å². The fourth-order valence-corrected chi connectivity index (χ4v) is 2.33. The quantitative estimate of drug-likeness (QED) is 0.491. The van der Waals surface area contributed by atoms with Crippen molar-refractivity contribution in [3.8, 4) is 5.75 Å². The van der Waals surface area contributed by atoms with Crippen molar-refractivity contribution in [1.82, 2.24) is 4.72 Å². The molecule has 1 aromatic carbocycles. The molecule has 0 aromatic heterocycles. The number of hydrogen-bond acceptors (Lipinski definition) is 4. The average Bonchev–Trinajstić information content (AvgIpc) is 2.37. The molecule has 0 fully saturated rings. The average molecular weight is 283 g/mol. The monoisotopic (exact) mass is 283 g/mol. The van der Waals surface area contributed by atoms with E-state index in [0.29, 0.717) is 13.0 Å². The van der Waals surface area contributed by atoms with Gasteiger partial charge in [-0.3, -0.25) is 0 Å². The lowest BCUT2D eigenvalue weighted by molar-refractivity contribution is -0.130. The molecule has 0 aliphatic heterocycles. The molecule has 0 bridgehead atoms. The minimum atomic E-state index is -3.49. The van der Waals surface area contributed by atoms with Crippen LogP contribution in [0.25, 0.3) is 0 Å². The van der Waals surface area contributed by atoms with Crippen LogP contribution in [0.1, 0.15) is 20.3 Å². The van der Waals surface area contributed by atoms with Crippen LogP contribution in [0.2, 0.25) is 0 Å². The van der Waals surface area contributed by atoms with E-state index in [1.54, 1.807) is 0 Å². The maximum absolute atomic E-state index is 11.8. The summed E-state index contributed by atoms with van der Waals surface area (Å²) in [6.07, 6.45) is 0.716. The van der Waals surface area contributed by atoms with Gasteiger partial charge in [0.05, 0.1) is 4.90 Å². The normalized spacial score (nSPS) is 11.1. The summed E-state index contributed by atoms with van der Waals surface area (Å²) in [5.74, 6) is -0.262. The molecule has 0 aliphatic carbocycles. The van der Waals surface area contributed by atoms with E-state index in [-0.39, 0.29) is 16.2 Å². The van der Waals surface area contributed by atoms with Crippen molar-refractivity contribution in [3.63, 3.8) is 0 Å². The second-order valence-electron chi connectivity index (χ2n) is 4.04. The molecule has 0 saturated carbocycles. The van der Waals surface area contributed by atoms with Gasteiger partial charge in [-0.05, 0) is 37.6 Å². The van der Waals surface area contributed by atoms with Crippen LogP contribution in [0.15, 0.2) is 41.3 Å². The largest absolute Gasteiger partial charge is 0.423 e. The Labute approximate surface area is 113 Å². The first-order valence-electron chi connectivity index (χ1n) is 5.84. The molecule has 104 valence electrons. The number of hydrogen-bond donors (Lipinski definition) is 1. The van der Waals surface area contributed by atoms with Gasteiger partial charge in [-0.2, -0.15) is 0 Å². The Bertz CT molecular complexity index is 561. The topological polar surface area (TPSA) is 72.5 Å². The Morgan fingerprint density at radius 1 is 1.32 bits per heavy atom. The number of carbonyl (C=O) groups excluding carboxylic acids is 1. The van der Waals surface area contributed by atoms with E-state index < -0.39 is 16.0 Å². The molecule has 1 N–H and O–H groups in total. The Kier molecular flexibility index (Phi) is 5.26. The van der Waals surface area contributed by atoms with Crippen LogP contribution in [0.4, 0.5) is 0 Å². The third-order valence-corrected chi connectivity index (χ3v) is 3.71. The van der Waals surface area contributed by atoms with Crippen LogP contribution in [-0.4, -0.2) is 20.9 Å². The number of sulfonamides is 1. The van der Waals surface area contributed by atoms with Crippen LogP contribution in [0.3, 0.4) is 0 Å². The zero-order valence-corrected chi connectivity index (χ0v) is 11.8. The van der Waals surface area contributed by atoms with Crippen molar-refractivity contribution in [2.24, 2.45) is 0 Å². The Morgan fingerprint density at radius 2 is 1.89 bits per heavy atom. The predicted molar refractivity (Wildman–Crippen MR) is 72.4 cm³/mol. The van der Waals surface area contributed by atoms with Crippen molar-refractivity contribution in [2.45, 2.75) is 25.2 Å². The lowest BCUT2D eigenvalue weighted by Gasteiger charge is -2.07. The molecule has 0 amide bonds. The van der Waals surface area contributed by atoms with E-state index in [4.69, 9.17) is 4.74 Å². The number of carbonyl (C=O) groups is 1. The van der Waals surface area contributed by atoms with E-state index in [1.807, 2.05) is 6.92 Å². The molecule has 0 aliphatic rings. The summed E-state index contributed by atoms with van der Waals surface area (Å²) in [6, 6.07) is 5.64. The van der Waals surface area contributed by atoms with Crippen LogP contribution >= 0.6 is 0 Å². The lowest BCUT2D eigenvalue weighted by atomic mass is 10.3. The molecule has 0 spiro atoms. The van der Waals surface area contributed by atoms with Gasteiger partial charge in [0.2, 0.25) is 10.0 Å². The maximum Gasteiger partial charge on any atom is 0.338 e. The Hall–Kier alpha value is -1.66. The molecular weight excluding hydrogens is 266 g/mol. The number of benzene rings is 1. The molecule has 6 heteroatoms. The second kappa shape index (κ2) is 6.49. The van der Waals surface area contributed by atoms with Crippen LogP contribution < -0.4 is 9.46 Å². The fourth-order valence-electron chi connectivity index (χ4n) is 1.20. The summed E-state index contributed by atoms with van der Waals surface area (Å²) in [6.45, 7) is 7.26. The van der Waals surface area contributed by atoms with Gasteiger partial charge in [0.1, 0.15) is 5.75 Å². The first kappa shape index (κ1) is 15.4. The summed E-state index contributed by atoms with van der Waals surface area (Å²) < 4.78 is 31.0. The SMILES string of the molecule is C=C(C)C(=O)Oc1ccc(S(=O)(=O)NCCC)cc1. The minimum Gasteiger partial charge on any atom is -0.423 e. The minimum absolute atomic E-state index is 0.135. The van der Waals surface area contributed by atoms with Gasteiger partial charge in [0.15, 0.2) is 0 Å². The molecule has 19 heavy (non-hydrogen) atoms. The summed E-state index contributed by atoms with van der Waals surface area (Å²) in [5, 5.41) is 0. The Morgan fingerprint density at radius 3 is 2.37 bits per heavy atom. The first-order valence-corrected chi connectivity index (χ1v) is 7.32. The van der Waals surface area contributed by atoms with Gasteiger partial charge in [0.25, 0.3) is 0 Å². The summed E-state index contributed by atoms with van der Waals surface area (Å²) in [5.41, 5.74) is 0.279. The number of rotatable bonds is 6. The van der Waals surface area contributed by atoms with Gasteiger partial charge < -0.3 is 4.74 Å². The lowest BCUT2D eigenvalue weighted by Crippen LogP contribution is -2.24. The third kappa shape index (κ3) is 4.50. The molecule has 0 unspecified atom stereocenters. The van der Waals surface area contributed by atoms with Crippen molar-refractivity contribution >= 4 is 16.0 Å². The number of ether oxygens (including phenoxy) is 1. The Balaban J connectivity index is 2.82. The molecule has 0 radical (unpaired) electrons. The molecule has 0 atom stereocenters. The van der Waals surface area contributed by atoms with Crippen LogP contribution in [-0.2, 0) is 14.8 Å². The predicted octanol–water partition coefficient (Wildman–Crippen LogP) is 1.86. The molecule has 1 rings (SSSR count). The van der Waals surface area contributed by atoms with E-state index >= 15 is 0 Å². The fraction of sp³-hybridized carbons (Fsp3) is 0.308. The van der Waals surface area contributed by atoms with Crippen molar-refractivity contribution in [2.75, 3.05) is 6.54 Å². The van der Waals surface area contributed by atoms with Gasteiger partial charge >= 0.3 is 5.97 Å². The molecule has 1 aromatic rings. The zero-order chi connectivity index (χ0) is 14.5. The summed E-state index contributed by atoms with van der Waals surface area (Å²) in [4.78, 5) is 11.4. The molecule has 0 saturated heterocycles. The van der Waals surface area contributed by atoms with E-state index in [0.717, 1.165) is 0 Å². The highest BCUT2D eigenvalue weighted by Gasteiger charge is 2.13.